The highest BCUT2D eigenvalue weighted by Crippen LogP contribution is 2.25. The summed E-state index contributed by atoms with van der Waals surface area (Å²) in [5, 5.41) is 10.2. The van der Waals surface area contributed by atoms with Crippen molar-refractivity contribution in [2.24, 2.45) is 0 Å². The topological polar surface area (TPSA) is 56.9 Å². The van der Waals surface area contributed by atoms with Crippen molar-refractivity contribution in [2.75, 3.05) is 26.2 Å². The van der Waals surface area contributed by atoms with Crippen molar-refractivity contribution in [3.63, 3.8) is 0 Å². The predicted molar refractivity (Wildman–Crippen MR) is 74.8 cm³/mol. The number of amides is 1. The Bertz CT molecular complexity index is 483. The first-order chi connectivity index (χ1) is 9.65. The van der Waals surface area contributed by atoms with E-state index in [0.717, 1.165) is 32.4 Å². The van der Waals surface area contributed by atoms with E-state index in [2.05, 4.69) is 4.90 Å². The molecule has 3 rings (SSSR count). The molecule has 110 valence electrons. The van der Waals surface area contributed by atoms with E-state index in [9.17, 15) is 9.90 Å². The van der Waals surface area contributed by atoms with Crippen LogP contribution in [0, 0.1) is 0 Å². The van der Waals surface area contributed by atoms with E-state index < -0.39 is 0 Å². The van der Waals surface area contributed by atoms with Gasteiger partial charge in [-0.15, -0.1) is 0 Å². The maximum absolute atomic E-state index is 12.2. The molecule has 0 bridgehead atoms. The number of piperazine rings is 1. The van der Waals surface area contributed by atoms with Crippen LogP contribution in [0.2, 0.25) is 5.22 Å². The van der Waals surface area contributed by atoms with Crippen molar-refractivity contribution in [1.29, 1.82) is 0 Å². The number of carbonyl (C=O) groups is 1. The molecule has 1 amide bonds. The zero-order chi connectivity index (χ0) is 14.1. The van der Waals surface area contributed by atoms with Gasteiger partial charge in [0.25, 0.3) is 5.91 Å². The number of hydrogen-bond acceptors (Lipinski definition) is 4. The molecule has 2 heterocycles. The Labute approximate surface area is 123 Å². The van der Waals surface area contributed by atoms with Crippen LogP contribution in [-0.4, -0.2) is 59.1 Å². The summed E-state index contributed by atoms with van der Waals surface area (Å²) in [7, 11) is 0. The van der Waals surface area contributed by atoms with Gasteiger partial charge in [0.15, 0.2) is 11.0 Å². The number of aliphatic hydroxyl groups excluding tert-OH is 1. The third kappa shape index (κ3) is 2.71. The normalized spacial score (nSPS) is 28.0. The molecule has 1 N–H and O–H groups in total. The lowest BCUT2D eigenvalue weighted by Gasteiger charge is -2.38. The molecule has 2 aliphatic rings. The second-order valence-electron chi connectivity index (χ2n) is 5.50. The largest absolute Gasteiger partial charge is 0.440 e. The Hall–Kier alpha value is -1.04. The maximum atomic E-state index is 12.2. The first kappa shape index (κ1) is 13.9. The molecule has 1 saturated carbocycles. The molecule has 0 spiro atoms. The third-order valence-corrected chi connectivity index (χ3v) is 4.50. The first-order valence-electron chi connectivity index (χ1n) is 7.12. The van der Waals surface area contributed by atoms with Gasteiger partial charge >= 0.3 is 0 Å². The van der Waals surface area contributed by atoms with Crippen LogP contribution in [0.15, 0.2) is 16.5 Å². The number of rotatable bonds is 2. The zero-order valence-corrected chi connectivity index (χ0v) is 12.1. The van der Waals surface area contributed by atoms with Gasteiger partial charge in [0.2, 0.25) is 0 Å². The number of furan rings is 1. The SMILES string of the molecule is O=C(c1ccc(Cl)o1)N1CCN([C@H]2CCC[C@@H]2O)CC1. The molecule has 1 aliphatic carbocycles. The Kier molecular flexibility index (Phi) is 4.01. The van der Waals surface area contributed by atoms with Gasteiger partial charge in [-0.2, -0.15) is 0 Å². The minimum atomic E-state index is -0.207. The Morgan fingerprint density at radius 1 is 1.25 bits per heavy atom. The molecule has 0 unspecified atom stereocenters. The van der Waals surface area contributed by atoms with Crippen molar-refractivity contribution in [2.45, 2.75) is 31.4 Å². The molecule has 20 heavy (non-hydrogen) atoms. The zero-order valence-electron chi connectivity index (χ0n) is 11.3. The lowest BCUT2D eigenvalue weighted by atomic mass is 10.1. The second kappa shape index (κ2) is 5.76. The Morgan fingerprint density at radius 2 is 2.00 bits per heavy atom. The summed E-state index contributed by atoms with van der Waals surface area (Å²) in [6, 6.07) is 3.46. The molecule has 1 saturated heterocycles. The molecule has 2 atom stereocenters. The van der Waals surface area contributed by atoms with E-state index in [1.54, 1.807) is 17.0 Å². The smallest absolute Gasteiger partial charge is 0.289 e. The number of aliphatic hydroxyl groups is 1. The van der Waals surface area contributed by atoms with Gasteiger partial charge in [0, 0.05) is 32.2 Å². The molecule has 1 aliphatic heterocycles. The minimum Gasteiger partial charge on any atom is -0.440 e. The fourth-order valence-electron chi connectivity index (χ4n) is 3.19. The van der Waals surface area contributed by atoms with E-state index in [4.69, 9.17) is 16.0 Å². The fourth-order valence-corrected chi connectivity index (χ4v) is 3.33. The van der Waals surface area contributed by atoms with Crippen LogP contribution in [0.3, 0.4) is 0 Å². The molecular weight excluding hydrogens is 280 g/mol. The molecule has 6 heteroatoms. The van der Waals surface area contributed by atoms with Crippen LogP contribution in [0.5, 0.6) is 0 Å². The van der Waals surface area contributed by atoms with E-state index in [1.165, 1.54) is 0 Å². The first-order valence-corrected chi connectivity index (χ1v) is 7.49. The maximum Gasteiger partial charge on any atom is 0.289 e. The van der Waals surface area contributed by atoms with Crippen LogP contribution in [0.4, 0.5) is 0 Å². The highest BCUT2D eigenvalue weighted by molar-refractivity contribution is 6.29. The molecule has 0 radical (unpaired) electrons. The summed E-state index contributed by atoms with van der Waals surface area (Å²) in [4.78, 5) is 16.3. The molecule has 5 nitrogen and oxygen atoms in total. The van der Waals surface area contributed by atoms with Crippen LogP contribution in [0.25, 0.3) is 0 Å². The number of nitrogens with zero attached hydrogens (tertiary/aromatic N) is 2. The Balaban J connectivity index is 1.57. The van der Waals surface area contributed by atoms with Gasteiger partial charge in [0.1, 0.15) is 0 Å². The Morgan fingerprint density at radius 3 is 2.55 bits per heavy atom. The van der Waals surface area contributed by atoms with Gasteiger partial charge in [-0.05, 0) is 43.0 Å². The van der Waals surface area contributed by atoms with Crippen LogP contribution in [-0.2, 0) is 0 Å². The predicted octanol–water partition coefficient (Wildman–Crippen LogP) is 1.60. The number of hydrogen-bond donors (Lipinski definition) is 1. The fraction of sp³-hybridized carbons (Fsp3) is 0.643. The standard InChI is InChI=1S/C14H19ClN2O3/c15-13-5-4-12(20-13)14(19)17-8-6-16(7-9-17)10-2-1-3-11(10)18/h4-5,10-11,18H,1-3,6-9H2/t10-,11-/m0/s1. The lowest BCUT2D eigenvalue weighted by molar-refractivity contribution is 0.0302. The lowest BCUT2D eigenvalue weighted by Crippen LogP contribution is -2.53. The van der Waals surface area contributed by atoms with Crippen molar-refractivity contribution < 1.29 is 14.3 Å². The number of halogens is 1. The van der Waals surface area contributed by atoms with E-state index in [0.29, 0.717) is 18.8 Å². The molecule has 1 aromatic rings. The second-order valence-corrected chi connectivity index (χ2v) is 5.87. The third-order valence-electron chi connectivity index (χ3n) is 4.30. The van der Waals surface area contributed by atoms with Crippen LogP contribution >= 0.6 is 11.6 Å². The van der Waals surface area contributed by atoms with Crippen molar-refractivity contribution in [3.8, 4) is 0 Å². The van der Waals surface area contributed by atoms with E-state index >= 15 is 0 Å². The summed E-state index contributed by atoms with van der Waals surface area (Å²) in [5.74, 6) is 0.188. The van der Waals surface area contributed by atoms with Crippen LogP contribution < -0.4 is 0 Å². The quantitative estimate of drug-likeness (QED) is 0.901. The average molecular weight is 299 g/mol. The minimum absolute atomic E-state index is 0.108. The summed E-state index contributed by atoms with van der Waals surface area (Å²) >= 11 is 5.70. The van der Waals surface area contributed by atoms with Crippen molar-refractivity contribution in [1.82, 2.24) is 9.80 Å². The van der Waals surface area contributed by atoms with Crippen molar-refractivity contribution >= 4 is 17.5 Å². The average Bonchev–Trinajstić information content (AvgIpc) is 3.07. The van der Waals surface area contributed by atoms with Gasteiger partial charge < -0.3 is 14.4 Å². The molecule has 2 fully saturated rings. The van der Waals surface area contributed by atoms with Gasteiger partial charge in [-0.3, -0.25) is 9.69 Å². The highest BCUT2D eigenvalue weighted by atomic mass is 35.5. The van der Waals surface area contributed by atoms with E-state index in [-0.39, 0.29) is 23.3 Å². The molecule has 0 aromatic carbocycles. The summed E-state index contributed by atoms with van der Waals surface area (Å²) in [6.45, 7) is 2.95. The summed E-state index contributed by atoms with van der Waals surface area (Å²) in [6.07, 6.45) is 2.84. The monoisotopic (exact) mass is 298 g/mol. The van der Waals surface area contributed by atoms with E-state index in [1.807, 2.05) is 0 Å². The summed E-state index contributed by atoms with van der Waals surface area (Å²) in [5.41, 5.74) is 0. The molecule has 1 aromatic heterocycles. The van der Waals surface area contributed by atoms with Gasteiger partial charge in [0.05, 0.1) is 6.10 Å². The summed E-state index contributed by atoms with van der Waals surface area (Å²) < 4.78 is 5.16. The number of carbonyl (C=O) groups excluding carboxylic acids is 1. The van der Waals surface area contributed by atoms with Crippen LogP contribution in [0.1, 0.15) is 29.8 Å². The van der Waals surface area contributed by atoms with Crippen molar-refractivity contribution in [3.05, 3.63) is 23.1 Å². The molecular formula is C14H19ClN2O3. The highest BCUT2D eigenvalue weighted by Gasteiger charge is 2.33. The van der Waals surface area contributed by atoms with Gasteiger partial charge in [-0.25, -0.2) is 0 Å². The van der Waals surface area contributed by atoms with Gasteiger partial charge in [-0.1, -0.05) is 0 Å².